The van der Waals surface area contributed by atoms with Crippen molar-refractivity contribution >= 4 is 5.91 Å². The van der Waals surface area contributed by atoms with Crippen molar-refractivity contribution in [2.45, 2.75) is 6.54 Å². The zero-order chi connectivity index (χ0) is 21.6. The summed E-state index contributed by atoms with van der Waals surface area (Å²) in [6.07, 6.45) is 0. The van der Waals surface area contributed by atoms with Gasteiger partial charge in [0.15, 0.2) is 0 Å². The maximum atomic E-state index is 13.1. The summed E-state index contributed by atoms with van der Waals surface area (Å²) in [5.74, 6) is -0.410. The van der Waals surface area contributed by atoms with Gasteiger partial charge in [-0.3, -0.25) is 9.69 Å². The van der Waals surface area contributed by atoms with E-state index in [1.807, 2.05) is 30.3 Å². The molecule has 0 radical (unpaired) electrons. The molecule has 3 aromatic rings. The summed E-state index contributed by atoms with van der Waals surface area (Å²) < 4.78 is 24.9. The fraction of sp³-hybridized carbons (Fsp3) is 0.318. The molecule has 1 aliphatic rings. The van der Waals surface area contributed by atoms with Crippen molar-refractivity contribution in [2.75, 3.05) is 39.3 Å². The lowest BCUT2D eigenvalue weighted by Crippen LogP contribution is -2.50. The number of rotatable bonds is 7. The predicted octanol–water partition coefficient (Wildman–Crippen LogP) is 1.87. The Morgan fingerprint density at radius 3 is 2.45 bits per heavy atom. The Balaban J connectivity index is 1.25. The molecule has 0 unspecified atom stereocenters. The molecule has 2 heterocycles. The van der Waals surface area contributed by atoms with Crippen molar-refractivity contribution in [3.63, 3.8) is 0 Å². The number of benzene rings is 2. The lowest BCUT2D eigenvalue weighted by molar-refractivity contribution is -0.133. The monoisotopic (exact) mass is 426 g/mol. The summed E-state index contributed by atoms with van der Waals surface area (Å²) in [5.41, 5.74) is 0.469. The highest BCUT2D eigenvalue weighted by Crippen LogP contribution is 2.15. The molecule has 9 heteroatoms. The topological polar surface area (TPSA) is 80.8 Å². The molecule has 1 aromatic heterocycles. The van der Waals surface area contributed by atoms with E-state index in [0.717, 1.165) is 30.1 Å². The number of para-hydroxylation sites is 1. The third-order valence-electron chi connectivity index (χ3n) is 5.13. The van der Waals surface area contributed by atoms with Gasteiger partial charge in [-0.05, 0) is 36.4 Å². The zero-order valence-corrected chi connectivity index (χ0v) is 16.9. The van der Waals surface area contributed by atoms with Gasteiger partial charge in [-0.15, -0.1) is 5.10 Å². The van der Waals surface area contributed by atoms with Gasteiger partial charge >= 0.3 is 5.76 Å². The standard InChI is InChI=1S/C22H23FN4O4/c23-18-8-6-17(7-9-18)21-24-27(22(29)31-21)16-20(28)26-12-10-25(11-13-26)14-15-30-19-4-2-1-3-5-19/h1-9H,10-16H2. The van der Waals surface area contributed by atoms with Crippen LogP contribution in [0.15, 0.2) is 63.8 Å². The van der Waals surface area contributed by atoms with Gasteiger partial charge in [-0.2, -0.15) is 4.68 Å². The molecule has 0 atom stereocenters. The summed E-state index contributed by atoms with van der Waals surface area (Å²) in [5, 5.41) is 4.07. The van der Waals surface area contributed by atoms with Crippen LogP contribution in [-0.4, -0.2) is 64.8 Å². The van der Waals surface area contributed by atoms with Gasteiger partial charge in [0.2, 0.25) is 11.8 Å². The van der Waals surface area contributed by atoms with Gasteiger partial charge in [0.05, 0.1) is 0 Å². The van der Waals surface area contributed by atoms with Crippen molar-refractivity contribution in [2.24, 2.45) is 0 Å². The lowest BCUT2D eigenvalue weighted by atomic mass is 10.2. The second-order valence-corrected chi connectivity index (χ2v) is 7.22. The number of amides is 1. The number of piperazine rings is 1. The second kappa shape index (κ2) is 9.57. The van der Waals surface area contributed by atoms with Crippen molar-refractivity contribution < 1.29 is 18.3 Å². The Morgan fingerprint density at radius 1 is 1.03 bits per heavy atom. The molecule has 1 amide bonds. The zero-order valence-electron chi connectivity index (χ0n) is 16.9. The molecule has 1 saturated heterocycles. The highest BCUT2D eigenvalue weighted by atomic mass is 19.1. The maximum absolute atomic E-state index is 13.1. The summed E-state index contributed by atoms with van der Waals surface area (Å²) in [6.45, 7) is 3.78. The third-order valence-corrected chi connectivity index (χ3v) is 5.13. The molecule has 1 aliphatic heterocycles. The van der Waals surface area contributed by atoms with Crippen LogP contribution < -0.4 is 10.5 Å². The molecular formula is C22H23FN4O4. The molecule has 4 rings (SSSR count). The highest BCUT2D eigenvalue weighted by molar-refractivity contribution is 5.76. The van der Waals surface area contributed by atoms with Crippen LogP contribution in [-0.2, 0) is 11.3 Å². The Kier molecular flexibility index (Phi) is 6.42. The number of ether oxygens (including phenoxy) is 1. The number of nitrogens with zero attached hydrogens (tertiary/aromatic N) is 4. The average Bonchev–Trinajstić information content (AvgIpc) is 3.15. The van der Waals surface area contributed by atoms with E-state index in [4.69, 9.17) is 9.15 Å². The van der Waals surface area contributed by atoms with E-state index in [-0.39, 0.29) is 18.3 Å². The van der Waals surface area contributed by atoms with Gasteiger partial charge in [0.25, 0.3) is 0 Å². The molecule has 2 aromatic carbocycles. The minimum atomic E-state index is -0.718. The van der Waals surface area contributed by atoms with Crippen LogP contribution in [0.3, 0.4) is 0 Å². The van der Waals surface area contributed by atoms with E-state index >= 15 is 0 Å². The van der Waals surface area contributed by atoms with E-state index in [2.05, 4.69) is 10.00 Å². The summed E-state index contributed by atoms with van der Waals surface area (Å²) in [6, 6.07) is 15.1. The first-order valence-corrected chi connectivity index (χ1v) is 10.1. The van der Waals surface area contributed by atoms with E-state index in [1.54, 1.807) is 4.90 Å². The number of carbonyl (C=O) groups is 1. The van der Waals surface area contributed by atoms with Crippen LogP contribution in [0, 0.1) is 5.82 Å². The van der Waals surface area contributed by atoms with E-state index in [1.165, 1.54) is 24.3 Å². The number of carbonyl (C=O) groups excluding carboxylic acids is 1. The summed E-state index contributed by atoms with van der Waals surface area (Å²) >= 11 is 0. The lowest BCUT2D eigenvalue weighted by Gasteiger charge is -2.34. The molecule has 8 nitrogen and oxygen atoms in total. The van der Waals surface area contributed by atoms with Crippen LogP contribution in [0.5, 0.6) is 5.75 Å². The van der Waals surface area contributed by atoms with Crippen LogP contribution in [0.2, 0.25) is 0 Å². The van der Waals surface area contributed by atoms with Crippen LogP contribution in [0.25, 0.3) is 11.5 Å². The molecule has 0 saturated carbocycles. The minimum absolute atomic E-state index is 0.0565. The van der Waals surface area contributed by atoms with Gasteiger partial charge in [0.1, 0.15) is 24.7 Å². The maximum Gasteiger partial charge on any atom is 0.437 e. The first-order valence-electron chi connectivity index (χ1n) is 10.1. The van der Waals surface area contributed by atoms with Crippen LogP contribution in [0.1, 0.15) is 0 Å². The van der Waals surface area contributed by atoms with Crippen molar-refractivity contribution in [3.8, 4) is 17.2 Å². The van der Waals surface area contributed by atoms with Gasteiger partial charge in [-0.1, -0.05) is 18.2 Å². The highest BCUT2D eigenvalue weighted by Gasteiger charge is 2.23. The molecule has 0 N–H and O–H groups in total. The molecule has 162 valence electrons. The minimum Gasteiger partial charge on any atom is -0.492 e. The largest absolute Gasteiger partial charge is 0.492 e. The molecule has 1 fully saturated rings. The molecular weight excluding hydrogens is 403 g/mol. The van der Waals surface area contributed by atoms with Crippen molar-refractivity contribution in [1.82, 2.24) is 19.6 Å². The Bertz CT molecular complexity index is 1060. The van der Waals surface area contributed by atoms with Crippen molar-refractivity contribution in [3.05, 3.63) is 71.0 Å². The summed E-state index contributed by atoms with van der Waals surface area (Å²) in [7, 11) is 0. The SMILES string of the molecule is O=C(Cn1nc(-c2ccc(F)cc2)oc1=O)N1CCN(CCOc2ccccc2)CC1. The Hall–Kier alpha value is -3.46. The fourth-order valence-electron chi connectivity index (χ4n) is 3.37. The second-order valence-electron chi connectivity index (χ2n) is 7.22. The number of hydrogen-bond donors (Lipinski definition) is 0. The van der Waals surface area contributed by atoms with Gasteiger partial charge in [-0.25, -0.2) is 9.18 Å². The Labute approximate surface area is 178 Å². The van der Waals surface area contributed by atoms with E-state index in [9.17, 15) is 14.0 Å². The fourth-order valence-corrected chi connectivity index (χ4v) is 3.37. The van der Waals surface area contributed by atoms with Crippen molar-refractivity contribution in [1.29, 1.82) is 0 Å². The smallest absolute Gasteiger partial charge is 0.437 e. The predicted molar refractivity (Wildman–Crippen MR) is 111 cm³/mol. The van der Waals surface area contributed by atoms with Crippen LogP contribution >= 0.6 is 0 Å². The van der Waals surface area contributed by atoms with E-state index < -0.39 is 11.6 Å². The Morgan fingerprint density at radius 2 is 1.74 bits per heavy atom. The van der Waals surface area contributed by atoms with Crippen LogP contribution in [0.4, 0.5) is 4.39 Å². The molecule has 0 aliphatic carbocycles. The first-order chi connectivity index (χ1) is 15.1. The molecule has 0 bridgehead atoms. The summed E-state index contributed by atoms with van der Waals surface area (Å²) in [4.78, 5) is 28.6. The quantitative estimate of drug-likeness (QED) is 0.574. The molecule has 0 spiro atoms. The van der Waals surface area contributed by atoms with E-state index in [0.29, 0.717) is 25.3 Å². The molecule has 31 heavy (non-hydrogen) atoms. The normalized spacial score (nSPS) is 14.5. The first kappa shape index (κ1) is 20.8. The van der Waals surface area contributed by atoms with Gasteiger partial charge < -0.3 is 14.1 Å². The average molecular weight is 426 g/mol. The number of hydrogen-bond acceptors (Lipinski definition) is 6. The number of halogens is 1. The van der Waals surface area contributed by atoms with Gasteiger partial charge in [0, 0.05) is 38.3 Å². The number of aromatic nitrogens is 2. The third kappa shape index (κ3) is 5.37.